The molecular weight excluding hydrogens is 172 g/mol. The summed E-state index contributed by atoms with van der Waals surface area (Å²) in [6, 6.07) is 8.43. The molecule has 14 heavy (non-hydrogen) atoms. The number of rotatable bonds is 0. The van der Waals surface area contributed by atoms with E-state index in [0.29, 0.717) is 11.8 Å². The Balaban J connectivity index is 2.20. The molecule has 0 saturated heterocycles. The summed E-state index contributed by atoms with van der Waals surface area (Å²) in [5, 5.41) is 12.4. The fourth-order valence-electron chi connectivity index (χ4n) is 2.71. The molecule has 3 rings (SSSR count). The second-order valence-electron chi connectivity index (χ2n) is 4.35. The van der Waals surface area contributed by atoms with E-state index < -0.39 is 0 Å². The van der Waals surface area contributed by atoms with Gasteiger partial charge in [-0.3, -0.25) is 0 Å². The molecule has 0 amide bonds. The largest absolute Gasteiger partial charge is 0.392 e. The Morgan fingerprint density at radius 1 is 1.00 bits per heavy atom. The number of benzene rings is 1. The fraction of sp³-hybridized carbons (Fsp3) is 0.385. The smallest absolute Gasteiger partial charge is 0.0609 e. The van der Waals surface area contributed by atoms with Gasteiger partial charge >= 0.3 is 0 Å². The average Bonchev–Trinajstić information content (AvgIpc) is 2.57. The average molecular weight is 186 g/mol. The van der Waals surface area contributed by atoms with Gasteiger partial charge in [-0.05, 0) is 29.2 Å². The van der Waals surface area contributed by atoms with Gasteiger partial charge in [-0.25, -0.2) is 0 Å². The molecule has 1 aromatic carbocycles. The molecular formula is C13H14O. The van der Waals surface area contributed by atoms with Gasteiger partial charge in [0, 0.05) is 5.92 Å². The molecule has 1 nitrogen and oxygen atoms in total. The van der Waals surface area contributed by atoms with Crippen molar-refractivity contribution in [2.75, 3.05) is 0 Å². The molecule has 72 valence electrons. The first kappa shape index (κ1) is 8.25. The van der Waals surface area contributed by atoms with Crippen molar-refractivity contribution in [3.63, 3.8) is 0 Å². The summed E-state index contributed by atoms with van der Waals surface area (Å²) in [5.74, 6) is 0.935. The number of hydrogen-bond acceptors (Lipinski definition) is 1. The van der Waals surface area contributed by atoms with Crippen molar-refractivity contribution < 1.29 is 5.11 Å². The predicted molar refractivity (Wildman–Crippen MR) is 56.8 cm³/mol. The van der Waals surface area contributed by atoms with Gasteiger partial charge in [-0.15, -0.1) is 0 Å². The maximum atomic E-state index is 9.80. The summed E-state index contributed by atoms with van der Waals surface area (Å²) in [5.41, 5.74) is 0. The van der Waals surface area contributed by atoms with E-state index in [-0.39, 0.29) is 6.10 Å². The van der Waals surface area contributed by atoms with E-state index in [4.69, 9.17) is 0 Å². The van der Waals surface area contributed by atoms with Crippen LogP contribution in [0.4, 0.5) is 0 Å². The van der Waals surface area contributed by atoms with Crippen LogP contribution in [0.1, 0.15) is 12.8 Å². The van der Waals surface area contributed by atoms with Crippen LogP contribution in [0.15, 0.2) is 24.3 Å². The van der Waals surface area contributed by atoms with Crippen LogP contribution < -0.4 is 10.4 Å². The topological polar surface area (TPSA) is 20.2 Å². The summed E-state index contributed by atoms with van der Waals surface area (Å²) >= 11 is 0. The molecule has 0 aliphatic heterocycles. The van der Waals surface area contributed by atoms with Crippen LogP contribution in [0.25, 0.3) is 12.2 Å². The number of fused-ring (bicyclic) bond motifs is 2. The second kappa shape index (κ2) is 2.96. The molecule has 2 aliphatic carbocycles. The molecule has 2 aliphatic rings. The molecule has 1 aromatic rings. The summed E-state index contributed by atoms with van der Waals surface area (Å²) in [4.78, 5) is 0. The molecule has 1 fully saturated rings. The van der Waals surface area contributed by atoms with E-state index in [2.05, 4.69) is 36.4 Å². The van der Waals surface area contributed by atoms with E-state index in [1.807, 2.05) is 0 Å². The Labute approximate surface area is 83.4 Å². The quantitative estimate of drug-likeness (QED) is 0.630. The zero-order valence-corrected chi connectivity index (χ0v) is 8.06. The molecule has 0 aromatic heterocycles. The van der Waals surface area contributed by atoms with Crippen LogP contribution in [0, 0.1) is 11.8 Å². The molecule has 1 heteroatoms. The highest BCUT2D eigenvalue weighted by atomic mass is 16.3. The SMILES string of the molecule is OC1CCC2C=c3ccccc3=CC12. The van der Waals surface area contributed by atoms with Crippen molar-refractivity contribution in [3.8, 4) is 0 Å². The summed E-state index contributed by atoms with van der Waals surface area (Å²) in [6.45, 7) is 0. The Kier molecular flexibility index (Phi) is 1.74. The first-order valence-corrected chi connectivity index (χ1v) is 5.31. The van der Waals surface area contributed by atoms with E-state index in [1.54, 1.807) is 0 Å². The van der Waals surface area contributed by atoms with Gasteiger partial charge in [0.1, 0.15) is 0 Å². The third-order valence-corrected chi connectivity index (χ3v) is 3.50. The van der Waals surface area contributed by atoms with E-state index in [9.17, 15) is 5.11 Å². The van der Waals surface area contributed by atoms with Gasteiger partial charge in [-0.2, -0.15) is 0 Å². The molecule has 0 radical (unpaired) electrons. The Morgan fingerprint density at radius 2 is 1.71 bits per heavy atom. The minimum atomic E-state index is -0.121. The minimum Gasteiger partial charge on any atom is -0.392 e. The number of aliphatic hydroxyl groups excluding tert-OH is 1. The molecule has 0 spiro atoms. The van der Waals surface area contributed by atoms with Crippen LogP contribution in [0.2, 0.25) is 0 Å². The zero-order chi connectivity index (χ0) is 9.54. The summed E-state index contributed by atoms with van der Waals surface area (Å²) < 4.78 is 0. The second-order valence-corrected chi connectivity index (χ2v) is 4.35. The van der Waals surface area contributed by atoms with Crippen molar-refractivity contribution >= 4 is 12.2 Å². The highest BCUT2D eigenvalue weighted by Gasteiger charge is 2.32. The third kappa shape index (κ3) is 1.12. The Morgan fingerprint density at radius 3 is 2.50 bits per heavy atom. The zero-order valence-electron chi connectivity index (χ0n) is 8.06. The third-order valence-electron chi connectivity index (χ3n) is 3.50. The standard InChI is InChI=1S/C13H14O/c14-13-6-5-11-7-9-3-1-2-4-10(9)8-12(11)13/h1-4,7-8,11-14H,5-6H2. The number of aliphatic hydroxyl groups is 1. The van der Waals surface area contributed by atoms with E-state index in [0.717, 1.165) is 12.8 Å². The van der Waals surface area contributed by atoms with Gasteiger partial charge in [-0.1, -0.05) is 36.4 Å². The van der Waals surface area contributed by atoms with Gasteiger partial charge in [0.25, 0.3) is 0 Å². The fourth-order valence-corrected chi connectivity index (χ4v) is 2.71. The number of hydrogen-bond donors (Lipinski definition) is 1. The predicted octanol–water partition coefficient (Wildman–Crippen LogP) is 0.648. The highest BCUT2D eigenvalue weighted by Crippen LogP contribution is 2.34. The van der Waals surface area contributed by atoms with Crippen LogP contribution in [0.5, 0.6) is 0 Å². The van der Waals surface area contributed by atoms with Gasteiger partial charge in [0.2, 0.25) is 0 Å². The summed E-state index contributed by atoms with van der Waals surface area (Å²) in [7, 11) is 0. The summed E-state index contributed by atoms with van der Waals surface area (Å²) in [6.07, 6.45) is 6.55. The lowest BCUT2D eigenvalue weighted by atomic mass is 9.88. The first-order chi connectivity index (χ1) is 6.84. The first-order valence-electron chi connectivity index (χ1n) is 5.31. The van der Waals surface area contributed by atoms with Gasteiger partial charge in [0.15, 0.2) is 0 Å². The van der Waals surface area contributed by atoms with Crippen molar-refractivity contribution in [1.82, 2.24) is 0 Å². The van der Waals surface area contributed by atoms with Gasteiger partial charge < -0.3 is 5.11 Å². The lowest BCUT2D eigenvalue weighted by molar-refractivity contribution is 0.154. The normalized spacial score (nSPS) is 33.9. The van der Waals surface area contributed by atoms with Crippen LogP contribution in [0.3, 0.4) is 0 Å². The highest BCUT2D eigenvalue weighted by molar-refractivity contribution is 5.45. The molecule has 3 unspecified atom stereocenters. The molecule has 1 N–H and O–H groups in total. The van der Waals surface area contributed by atoms with Crippen molar-refractivity contribution in [2.45, 2.75) is 18.9 Å². The molecule has 1 saturated carbocycles. The minimum absolute atomic E-state index is 0.121. The molecule has 0 heterocycles. The van der Waals surface area contributed by atoms with E-state index >= 15 is 0 Å². The van der Waals surface area contributed by atoms with Crippen LogP contribution in [-0.2, 0) is 0 Å². The van der Waals surface area contributed by atoms with Crippen molar-refractivity contribution in [2.24, 2.45) is 11.8 Å². The van der Waals surface area contributed by atoms with Crippen LogP contribution in [-0.4, -0.2) is 11.2 Å². The maximum absolute atomic E-state index is 9.80. The van der Waals surface area contributed by atoms with Crippen LogP contribution >= 0.6 is 0 Å². The maximum Gasteiger partial charge on any atom is 0.0609 e. The lowest BCUT2D eigenvalue weighted by Crippen LogP contribution is -2.33. The van der Waals surface area contributed by atoms with Crippen molar-refractivity contribution in [1.29, 1.82) is 0 Å². The lowest BCUT2D eigenvalue weighted by Gasteiger charge is -2.18. The Hall–Kier alpha value is -1.08. The molecule has 3 atom stereocenters. The van der Waals surface area contributed by atoms with Gasteiger partial charge in [0.05, 0.1) is 6.10 Å². The Bertz CT molecular complexity index is 460. The molecule has 0 bridgehead atoms. The van der Waals surface area contributed by atoms with Crippen molar-refractivity contribution in [3.05, 3.63) is 34.7 Å². The monoisotopic (exact) mass is 186 g/mol. The van der Waals surface area contributed by atoms with E-state index in [1.165, 1.54) is 10.4 Å².